The number of nitrogens with zero attached hydrogens (tertiary/aromatic N) is 3. The molecule has 0 bridgehead atoms. The van der Waals surface area contributed by atoms with Crippen molar-refractivity contribution in [2.45, 2.75) is 44.7 Å². The van der Waals surface area contributed by atoms with Crippen LogP contribution in [0.15, 0.2) is 6.07 Å². The Labute approximate surface area is 114 Å². The Morgan fingerprint density at radius 1 is 1.21 bits per heavy atom. The van der Waals surface area contributed by atoms with Crippen LogP contribution in [0.5, 0.6) is 0 Å². The lowest BCUT2D eigenvalue weighted by molar-refractivity contribution is 0.441. The maximum absolute atomic E-state index is 4.59. The number of piperidine rings is 1. The largest absolute Gasteiger partial charge is 0.367 e. The van der Waals surface area contributed by atoms with Crippen molar-refractivity contribution in [3.8, 4) is 0 Å². The Morgan fingerprint density at radius 2 is 1.95 bits per heavy atom. The summed E-state index contributed by atoms with van der Waals surface area (Å²) >= 11 is 0. The molecule has 0 spiro atoms. The van der Waals surface area contributed by atoms with Crippen molar-refractivity contribution in [3.05, 3.63) is 11.9 Å². The second kappa shape index (κ2) is 5.33. The van der Waals surface area contributed by atoms with Crippen LogP contribution in [-0.4, -0.2) is 42.2 Å². The average molecular weight is 261 g/mol. The first-order valence-corrected chi connectivity index (χ1v) is 7.28. The van der Waals surface area contributed by atoms with Crippen molar-refractivity contribution in [3.63, 3.8) is 0 Å². The highest BCUT2D eigenvalue weighted by atomic mass is 15.2. The van der Waals surface area contributed by atoms with Gasteiger partial charge in [0.2, 0.25) is 0 Å². The molecule has 0 unspecified atom stereocenters. The van der Waals surface area contributed by atoms with E-state index in [0.29, 0.717) is 12.1 Å². The first-order valence-electron chi connectivity index (χ1n) is 7.28. The Kier molecular flexibility index (Phi) is 3.55. The monoisotopic (exact) mass is 261 g/mol. The molecule has 104 valence electrons. The topological polar surface area (TPSA) is 53.1 Å². The Bertz CT molecular complexity index is 437. The molecule has 3 rings (SSSR count). The number of hydrogen-bond acceptors (Lipinski definition) is 5. The maximum atomic E-state index is 4.59. The number of aromatic nitrogens is 2. The molecular weight excluding hydrogens is 238 g/mol. The number of aryl methyl sites for hydroxylation is 1. The van der Waals surface area contributed by atoms with Crippen LogP contribution in [0.25, 0.3) is 0 Å². The molecule has 19 heavy (non-hydrogen) atoms. The lowest BCUT2D eigenvalue weighted by Gasteiger charge is -2.32. The molecule has 0 radical (unpaired) electrons. The Balaban J connectivity index is 1.75. The van der Waals surface area contributed by atoms with Gasteiger partial charge in [0.1, 0.15) is 17.5 Å². The van der Waals surface area contributed by atoms with Crippen LogP contribution in [-0.2, 0) is 0 Å². The van der Waals surface area contributed by atoms with Gasteiger partial charge in [-0.15, -0.1) is 0 Å². The predicted octanol–water partition coefficient (Wildman–Crippen LogP) is 1.55. The zero-order valence-electron chi connectivity index (χ0n) is 11.8. The normalized spacial score (nSPS) is 20.3. The predicted molar refractivity (Wildman–Crippen MR) is 77.7 cm³/mol. The van der Waals surface area contributed by atoms with E-state index in [0.717, 1.165) is 30.5 Å². The van der Waals surface area contributed by atoms with Gasteiger partial charge < -0.3 is 15.5 Å². The second-order valence-electron chi connectivity index (χ2n) is 5.67. The lowest BCUT2D eigenvalue weighted by atomic mass is 10.1. The quantitative estimate of drug-likeness (QED) is 0.861. The van der Waals surface area contributed by atoms with Crippen LogP contribution >= 0.6 is 0 Å². The second-order valence-corrected chi connectivity index (χ2v) is 5.67. The summed E-state index contributed by atoms with van der Waals surface area (Å²) in [6, 6.07) is 3.31. The molecule has 0 aromatic carbocycles. The third-order valence-electron chi connectivity index (χ3n) is 3.97. The molecule has 2 heterocycles. The summed E-state index contributed by atoms with van der Waals surface area (Å²) < 4.78 is 0. The van der Waals surface area contributed by atoms with E-state index >= 15 is 0 Å². The minimum absolute atomic E-state index is 0.587. The van der Waals surface area contributed by atoms with E-state index in [9.17, 15) is 0 Å². The molecule has 0 amide bonds. The maximum Gasteiger partial charge on any atom is 0.134 e. The van der Waals surface area contributed by atoms with Gasteiger partial charge in [-0.05, 0) is 45.7 Å². The molecule has 2 N–H and O–H groups in total. The molecule has 5 heteroatoms. The molecule has 0 atom stereocenters. The molecular formula is C14H23N5. The fraction of sp³-hybridized carbons (Fsp3) is 0.714. The average Bonchev–Trinajstić information content (AvgIpc) is 3.22. The van der Waals surface area contributed by atoms with E-state index in [2.05, 4.69) is 38.6 Å². The fourth-order valence-electron chi connectivity index (χ4n) is 2.62. The molecule has 1 aliphatic heterocycles. The number of rotatable bonds is 4. The van der Waals surface area contributed by atoms with Crippen LogP contribution in [0.1, 0.15) is 31.5 Å². The molecule has 1 aliphatic carbocycles. The third kappa shape index (κ3) is 3.15. The molecule has 1 aromatic heterocycles. The fourth-order valence-corrected chi connectivity index (χ4v) is 2.62. The van der Waals surface area contributed by atoms with Crippen molar-refractivity contribution in [1.82, 2.24) is 15.3 Å². The smallest absolute Gasteiger partial charge is 0.134 e. The molecule has 2 aliphatic rings. The van der Waals surface area contributed by atoms with Crippen LogP contribution in [0.2, 0.25) is 0 Å². The van der Waals surface area contributed by atoms with Crippen molar-refractivity contribution >= 4 is 11.6 Å². The van der Waals surface area contributed by atoms with E-state index < -0.39 is 0 Å². The van der Waals surface area contributed by atoms with E-state index in [4.69, 9.17) is 0 Å². The minimum atomic E-state index is 0.587. The SMILES string of the molecule is Cc1nc(NC2CC2)cc(N(C)C2CCNCC2)n1. The van der Waals surface area contributed by atoms with Crippen molar-refractivity contribution in [2.24, 2.45) is 0 Å². The minimum Gasteiger partial charge on any atom is -0.367 e. The van der Waals surface area contributed by atoms with Gasteiger partial charge in [-0.2, -0.15) is 0 Å². The van der Waals surface area contributed by atoms with Crippen LogP contribution in [0, 0.1) is 6.92 Å². The van der Waals surface area contributed by atoms with E-state index in [-0.39, 0.29) is 0 Å². The molecule has 2 fully saturated rings. The highest BCUT2D eigenvalue weighted by Crippen LogP contribution is 2.26. The summed E-state index contributed by atoms with van der Waals surface area (Å²) in [5, 5.41) is 6.87. The van der Waals surface area contributed by atoms with Gasteiger partial charge in [-0.1, -0.05) is 0 Å². The third-order valence-corrected chi connectivity index (χ3v) is 3.97. The number of nitrogens with one attached hydrogen (secondary N) is 2. The summed E-state index contributed by atoms with van der Waals surface area (Å²) in [6.07, 6.45) is 4.90. The molecule has 1 saturated heterocycles. The van der Waals surface area contributed by atoms with Gasteiger partial charge in [-0.25, -0.2) is 9.97 Å². The van der Waals surface area contributed by atoms with Crippen LogP contribution < -0.4 is 15.5 Å². The zero-order chi connectivity index (χ0) is 13.2. The van der Waals surface area contributed by atoms with Gasteiger partial charge in [0, 0.05) is 25.2 Å². The highest BCUT2D eigenvalue weighted by molar-refractivity contribution is 5.50. The molecule has 1 saturated carbocycles. The van der Waals surface area contributed by atoms with Crippen molar-refractivity contribution in [2.75, 3.05) is 30.4 Å². The molecule has 1 aromatic rings. The van der Waals surface area contributed by atoms with Crippen molar-refractivity contribution < 1.29 is 0 Å². The number of hydrogen-bond donors (Lipinski definition) is 2. The first kappa shape index (κ1) is 12.7. The van der Waals surface area contributed by atoms with Crippen LogP contribution in [0.3, 0.4) is 0 Å². The molecule has 5 nitrogen and oxygen atoms in total. The summed E-state index contributed by atoms with van der Waals surface area (Å²) in [7, 11) is 2.15. The van der Waals surface area contributed by atoms with E-state index in [1.54, 1.807) is 0 Å². The van der Waals surface area contributed by atoms with Gasteiger partial charge >= 0.3 is 0 Å². The zero-order valence-corrected chi connectivity index (χ0v) is 11.8. The first-order chi connectivity index (χ1) is 9.22. The van der Waals surface area contributed by atoms with Gasteiger partial charge in [0.25, 0.3) is 0 Å². The summed E-state index contributed by atoms with van der Waals surface area (Å²) in [4.78, 5) is 11.4. The standard InChI is InChI=1S/C14H23N5/c1-10-16-13(18-11-3-4-11)9-14(17-10)19(2)12-5-7-15-8-6-12/h9,11-12,15H,3-8H2,1-2H3,(H,16,17,18). The van der Waals surface area contributed by atoms with Gasteiger partial charge in [-0.3, -0.25) is 0 Å². The van der Waals surface area contributed by atoms with Crippen LogP contribution in [0.4, 0.5) is 11.6 Å². The summed E-state index contributed by atoms with van der Waals surface area (Å²) in [6.45, 7) is 4.18. The highest BCUT2D eigenvalue weighted by Gasteiger charge is 2.23. The van der Waals surface area contributed by atoms with Gasteiger partial charge in [0.15, 0.2) is 0 Å². The summed E-state index contributed by atoms with van der Waals surface area (Å²) in [5.41, 5.74) is 0. The van der Waals surface area contributed by atoms with E-state index in [1.807, 2.05) is 6.92 Å². The summed E-state index contributed by atoms with van der Waals surface area (Å²) in [5.74, 6) is 2.87. The lowest BCUT2D eigenvalue weighted by Crippen LogP contribution is -2.41. The Morgan fingerprint density at radius 3 is 2.63 bits per heavy atom. The van der Waals surface area contributed by atoms with E-state index in [1.165, 1.54) is 25.7 Å². The Hall–Kier alpha value is -1.36. The van der Waals surface area contributed by atoms with Crippen molar-refractivity contribution in [1.29, 1.82) is 0 Å². The van der Waals surface area contributed by atoms with Gasteiger partial charge in [0.05, 0.1) is 0 Å². The number of anilines is 2.